The van der Waals surface area contributed by atoms with Crippen LogP contribution in [-0.4, -0.2) is 17.0 Å². The highest BCUT2D eigenvalue weighted by Gasteiger charge is 2.18. The molecule has 1 radical (unpaired) electrons. The lowest BCUT2D eigenvalue weighted by molar-refractivity contribution is -0.119. The number of imide groups is 1. The standard InChI is InChI=1S/C4H3N2O3/c7-2-1-5-4(9)6-3(2)8/h1,7H,(H,5,9). The molecule has 0 saturated carbocycles. The molecule has 1 aliphatic rings. The number of hydrogen-bond donors (Lipinski definition) is 2. The molecular weight excluding hydrogens is 124 g/mol. The van der Waals surface area contributed by atoms with Gasteiger partial charge in [0.05, 0.1) is 6.20 Å². The molecule has 3 amide bonds. The molecule has 47 valence electrons. The Morgan fingerprint density at radius 3 is 2.67 bits per heavy atom. The van der Waals surface area contributed by atoms with E-state index in [4.69, 9.17) is 5.11 Å². The van der Waals surface area contributed by atoms with E-state index in [0.717, 1.165) is 6.20 Å². The smallest absolute Gasteiger partial charge is 0.348 e. The maximum Gasteiger partial charge on any atom is 0.348 e. The Balaban J connectivity index is 2.79. The monoisotopic (exact) mass is 127 g/mol. The highest BCUT2D eigenvalue weighted by Crippen LogP contribution is 1.91. The van der Waals surface area contributed by atoms with Crippen LogP contribution in [0, 0.1) is 0 Å². The Morgan fingerprint density at radius 1 is 1.56 bits per heavy atom. The molecule has 0 unspecified atom stereocenters. The van der Waals surface area contributed by atoms with Gasteiger partial charge in [0.15, 0.2) is 5.76 Å². The van der Waals surface area contributed by atoms with Gasteiger partial charge in [0.2, 0.25) is 0 Å². The van der Waals surface area contributed by atoms with Crippen molar-refractivity contribution in [2.75, 3.05) is 0 Å². The third-order valence-corrected chi connectivity index (χ3v) is 0.755. The summed E-state index contributed by atoms with van der Waals surface area (Å²) >= 11 is 0. The van der Waals surface area contributed by atoms with Crippen molar-refractivity contribution in [3.05, 3.63) is 12.0 Å². The molecule has 0 atom stereocenters. The van der Waals surface area contributed by atoms with Gasteiger partial charge in [-0.2, -0.15) is 0 Å². The second-order valence-corrected chi connectivity index (χ2v) is 1.40. The number of aliphatic hydroxyl groups excluding tert-OH is 1. The van der Waals surface area contributed by atoms with Crippen LogP contribution in [0.2, 0.25) is 0 Å². The molecule has 0 spiro atoms. The SMILES string of the molecule is O=C1[N]C(=O)C(O)=CN1. The fourth-order valence-electron chi connectivity index (χ4n) is 0.374. The van der Waals surface area contributed by atoms with E-state index in [2.05, 4.69) is 5.32 Å². The van der Waals surface area contributed by atoms with Gasteiger partial charge in [0, 0.05) is 0 Å². The number of nitrogens with zero attached hydrogens (tertiary/aromatic N) is 1. The van der Waals surface area contributed by atoms with Crippen LogP contribution in [0.25, 0.3) is 0 Å². The first-order chi connectivity index (χ1) is 4.20. The molecule has 0 bridgehead atoms. The van der Waals surface area contributed by atoms with Gasteiger partial charge in [-0.15, -0.1) is 5.32 Å². The average Bonchev–Trinajstić information content (AvgIpc) is 1.80. The molecule has 1 rings (SSSR count). The Kier molecular flexibility index (Phi) is 1.11. The van der Waals surface area contributed by atoms with Crippen molar-refractivity contribution in [3.63, 3.8) is 0 Å². The van der Waals surface area contributed by atoms with Crippen LogP contribution in [0.5, 0.6) is 0 Å². The lowest BCUT2D eigenvalue weighted by Gasteiger charge is -2.04. The summed E-state index contributed by atoms with van der Waals surface area (Å²) in [6.45, 7) is 0. The van der Waals surface area contributed by atoms with E-state index in [1.165, 1.54) is 0 Å². The molecule has 0 saturated heterocycles. The Hall–Kier alpha value is -1.52. The normalized spacial score (nSPS) is 18.0. The molecule has 2 N–H and O–H groups in total. The first-order valence-corrected chi connectivity index (χ1v) is 2.16. The average molecular weight is 127 g/mol. The van der Waals surface area contributed by atoms with Crippen molar-refractivity contribution < 1.29 is 14.7 Å². The number of hydrogen-bond acceptors (Lipinski definition) is 3. The molecule has 0 fully saturated rings. The number of urea groups is 1. The predicted molar refractivity (Wildman–Crippen MR) is 26.4 cm³/mol. The molecule has 0 aromatic rings. The van der Waals surface area contributed by atoms with Crippen molar-refractivity contribution in [3.8, 4) is 0 Å². The minimum Gasteiger partial charge on any atom is -0.502 e. The zero-order chi connectivity index (χ0) is 6.85. The summed E-state index contributed by atoms with van der Waals surface area (Å²) in [6, 6.07) is -0.752. The number of carbonyl (C=O) groups excluding carboxylic acids is 2. The fraction of sp³-hybridized carbons (Fsp3) is 0. The number of nitrogens with one attached hydrogen (secondary N) is 1. The van der Waals surface area contributed by atoms with Gasteiger partial charge in [0.1, 0.15) is 0 Å². The van der Waals surface area contributed by atoms with E-state index in [1.807, 2.05) is 5.32 Å². The molecule has 9 heavy (non-hydrogen) atoms. The maximum absolute atomic E-state index is 10.3. The zero-order valence-corrected chi connectivity index (χ0v) is 4.29. The summed E-state index contributed by atoms with van der Waals surface area (Å²) in [5.74, 6) is -1.45. The summed E-state index contributed by atoms with van der Waals surface area (Å²) in [7, 11) is 0. The molecular formula is C4H3N2O3. The number of rotatable bonds is 0. The van der Waals surface area contributed by atoms with Crippen LogP contribution in [-0.2, 0) is 4.79 Å². The maximum atomic E-state index is 10.3. The predicted octanol–water partition coefficient (Wildman–Crippen LogP) is -0.760. The van der Waals surface area contributed by atoms with Gasteiger partial charge >= 0.3 is 11.9 Å². The second-order valence-electron chi connectivity index (χ2n) is 1.40. The minimum atomic E-state index is -0.904. The quantitative estimate of drug-likeness (QED) is 0.448. The summed E-state index contributed by atoms with van der Waals surface area (Å²) in [4.78, 5) is 20.4. The van der Waals surface area contributed by atoms with Crippen LogP contribution in [0.3, 0.4) is 0 Å². The second kappa shape index (κ2) is 1.77. The summed E-state index contributed by atoms with van der Waals surface area (Å²) in [5, 5.41) is 13.4. The fourth-order valence-corrected chi connectivity index (χ4v) is 0.374. The summed E-state index contributed by atoms with van der Waals surface area (Å²) in [5.41, 5.74) is 0. The van der Waals surface area contributed by atoms with E-state index >= 15 is 0 Å². The largest absolute Gasteiger partial charge is 0.502 e. The lowest BCUT2D eigenvalue weighted by Crippen LogP contribution is -2.36. The summed E-state index contributed by atoms with van der Waals surface area (Å²) < 4.78 is 0. The third-order valence-electron chi connectivity index (χ3n) is 0.755. The van der Waals surface area contributed by atoms with Crippen molar-refractivity contribution in [1.29, 1.82) is 0 Å². The van der Waals surface area contributed by atoms with E-state index in [9.17, 15) is 9.59 Å². The van der Waals surface area contributed by atoms with Gasteiger partial charge in [0.25, 0.3) is 0 Å². The topological polar surface area (TPSA) is 80.5 Å². The third kappa shape index (κ3) is 0.987. The number of aliphatic hydroxyl groups is 1. The van der Waals surface area contributed by atoms with Crippen molar-refractivity contribution in [2.45, 2.75) is 0 Å². The van der Waals surface area contributed by atoms with Crippen LogP contribution in [0.4, 0.5) is 4.79 Å². The van der Waals surface area contributed by atoms with Crippen LogP contribution < -0.4 is 10.6 Å². The summed E-state index contributed by atoms with van der Waals surface area (Å²) in [6.07, 6.45) is 0.900. The highest BCUT2D eigenvalue weighted by atomic mass is 16.3. The van der Waals surface area contributed by atoms with Gasteiger partial charge in [-0.1, -0.05) is 0 Å². The Labute approximate surface area is 50.4 Å². The first kappa shape index (κ1) is 5.61. The van der Waals surface area contributed by atoms with E-state index in [1.54, 1.807) is 0 Å². The Morgan fingerprint density at radius 2 is 2.22 bits per heavy atom. The molecule has 5 heteroatoms. The number of carbonyl (C=O) groups is 2. The zero-order valence-electron chi connectivity index (χ0n) is 4.29. The van der Waals surface area contributed by atoms with Gasteiger partial charge in [-0.25, -0.2) is 4.79 Å². The van der Waals surface area contributed by atoms with E-state index in [-0.39, 0.29) is 0 Å². The van der Waals surface area contributed by atoms with Crippen LogP contribution in [0.15, 0.2) is 12.0 Å². The molecule has 5 nitrogen and oxygen atoms in total. The molecule has 0 aromatic carbocycles. The van der Waals surface area contributed by atoms with Crippen LogP contribution in [0.1, 0.15) is 0 Å². The van der Waals surface area contributed by atoms with Crippen molar-refractivity contribution in [1.82, 2.24) is 10.6 Å². The lowest BCUT2D eigenvalue weighted by atomic mass is 10.4. The minimum absolute atomic E-state index is 0.547. The highest BCUT2D eigenvalue weighted by molar-refractivity contribution is 6.04. The van der Waals surface area contributed by atoms with Gasteiger partial charge < -0.3 is 10.4 Å². The van der Waals surface area contributed by atoms with Crippen molar-refractivity contribution in [2.24, 2.45) is 0 Å². The molecule has 0 aromatic heterocycles. The van der Waals surface area contributed by atoms with Crippen LogP contribution >= 0.6 is 0 Å². The van der Waals surface area contributed by atoms with Crippen molar-refractivity contribution >= 4 is 11.9 Å². The Bertz CT molecular complexity index is 196. The van der Waals surface area contributed by atoms with Gasteiger partial charge in [-0.05, 0) is 0 Å². The van der Waals surface area contributed by atoms with E-state index < -0.39 is 17.7 Å². The molecule has 1 heterocycles. The first-order valence-electron chi connectivity index (χ1n) is 2.16. The number of amides is 3. The van der Waals surface area contributed by atoms with Gasteiger partial charge in [-0.3, -0.25) is 4.79 Å². The molecule has 0 aliphatic carbocycles. The molecule has 1 aliphatic heterocycles. The van der Waals surface area contributed by atoms with E-state index in [0.29, 0.717) is 0 Å².